The zero-order chi connectivity index (χ0) is 12.8. The zero-order valence-electron chi connectivity index (χ0n) is 11.0. The first-order valence-corrected chi connectivity index (χ1v) is 7.11. The van der Waals surface area contributed by atoms with Crippen LogP contribution in [0.4, 0.5) is 5.69 Å². The molecule has 0 aliphatic rings. The Hall–Kier alpha value is -0.540. The second-order valence-electron chi connectivity index (χ2n) is 4.73. The van der Waals surface area contributed by atoms with Gasteiger partial charge < -0.3 is 5.73 Å². The quantitative estimate of drug-likeness (QED) is 0.807. The minimum absolute atomic E-state index is 0.749. The molecule has 0 fully saturated rings. The van der Waals surface area contributed by atoms with E-state index in [2.05, 4.69) is 53.7 Å². The highest BCUT2D eigenvalue weighted by Gasteiger charge is 2.08. The van der Waals surface area contributed by atoms with E-state index in [0.29, 0.717) is 0 Å². The van der Waals surface area contributed by atoms with Gasteiger partial charge in [-0.1, -0.05) is 43.1 Å². The van der Waals surface area contributed by atoms with Crippen LogP contribution in [0, 0.1) is 5.92 Å². The molecule has 1 aromatic carbocycles. The standard InChI is InChI=1S/C14H23BrN2/c1-4-11(3)9-17(5-2)10-12-6-13(15)8-14(16)7-12/h6-8,11H,4-5,9-10,16H2,1-3H3. The first-order chi connectivity index (χ1) is 8.05. The number of halogens is 1. The summed E-state index contributed by atoms with van der Waals surface area (Å²) >= 11 is 3.49. The van der Waals surface area contributed by atoms with Crippen LogP contribution in [0.2, 0.25) is 0 Å². The largest absolute Gasteiger partial charge is 0.399 e. The highest BCUT2D eigenvalue weighted by molar-refractivity contribution is 9.10. The molecule has 0 heterocycles. The molecule has 0 radical (unpaired) electrons. The smallest absolute Gasteiger partial charge is 0.0328 e. The van der Waals surface area contributed by atoms with E-state index in [1.807, 2.05) is 6.07 Å². The summed E-state index contributed by atoms with van der Waals surface area (Å²) in [6.45, 7) is 9.97. The highest BCUT2D eigenvalue weighted by Crippen LogP contribution is 2.19. The Labute approximate surface area is 113 Å². The number of hydrogen-bond donors (Lipinski definition) is 1. The normalized spacial score (nSPS) is 13.0. The SMILES string of the molecule is CCC(C)CN(CC)Cc1cc(N)cc(Br)c1. The summed E-state index contributed by atoms with van der Waals surface area (Å²) < 4.78 is 1.06. The number of nitrogen functional groups attached to an aromatic ring is 1. The van der Waals surface area contributed by atoms with Crippen molar-refractivity contribution >= 4 is 21.6 Å². The summed E-state index contributed by atoms with van der Waals surface area (Å²) in [6, 6.07) is 6.15. The van der Waals surface area contributed by atoms with Gasteiger partial charge in [0, 0.05) is 23.2 Å². The fourth-order valence-corrected chi connectivity index (χ4v) is 2.46. The van der Waals surface area contributed by atoms with Gasteiger partial charge in [0.05, 0.1) is 0 Å². The number of anilines is 1. The molecule has 0 aliphatic heterocycles. The van der Waals surface area contributed by atoms with Crippen LogP contribution in [0.25, 0.3) is 0 Å². The van der Waals surface area contributed by atoms with E-state index < -0.39 is 0 Å². The maximum atomic E-state index is 5.86. The molecule has 17 heavy (non-hydrogen) atoms. The lowest BCUT2D eigenvalue weighted by Crippen LogP contribution is -2.27. The molecule has 1 atom stereocenters. The van der Waals surface area contributed by atoms with Crippen molar-refractivity contribution in [1.82, 2.24) is 4.90 Å². The summed E-state index contributed by atoms with van der Waals surface area (Å²) in [4.78, 5) is 2.47. The molecule has 0 spiro atoms. The molecule has 1 rings (SSSR count). The Kier molecular flexibility index (Phi) is 6.00. The molecule has 0 aromatic heterocycles. The monoisotopic (exact) mass is 298 g/mol. The van der Waals surface area contributed by atoms with Gasteiger partial charge in [-0.25, -0.2) is 0 Å². The highest BCUT2D eigenvalue weighted by atomic mass is 79.9. The van der Waals surface area contributed by atoms with E-state index in [0.717, 1.165) is 35.7 Å². The van der Waals surface area contributed by atoms with Crippen LogP contribution < -0.4 is 5.73 Å². The van der Waals surface area contributed by atoms with Gasteiger partial charge >= 0.3 is 0 Å². The molecule has 2 nitrogen and oxygen atoms in total. The predicted octanol–water partition coefficient (Wildman–Crippen LogP) is 3.90. The number of benzene rings is 1. The van der Waals surface area contributed by atoms with Gasteiger partial charge in [-0.15, -0.1) is 0 Å². The lowest BCUT2D eigenvalue weighted by molar-refractivity contribution is 0.238. The van der Waals surface area contributed by atoms with E-state index in [9.17, 15) is 0 Å². The van der Waals surface area contributed by atoms with Gasteiger partial charge in [-0.2, -0.15) is 0 Å². The number of rotatable bonds is 6. The van der Waals surface area contributed by atoms with Crippen LogP contribution >= 0.6 is 15.9 Å². The van der Waals surface area contributed by atoms with Crippen LogP contribution in [0.3, 0.4) is 0 Å². The average molecular weight is 299 g/mol. The van der Waals surface area contributed by atoms with Crippen LogP contribution in [0.5, 0.6) is 0 Å². The molecule has 0 saturated carbocycles. The summed E-state index contributed by atoms with van der Waals surface area (Å²) in [5, 5.41) is 0. The van der Waals surface area contributed by atoms with Crippen molar-refractivity contribution in [2.24, 2.45) is 5.92 Å². The average Bonchev–Trinajstić information content (AvgIpc) is 2.26. The van der Waals surface area contributed by atoms with Crippen molar-refractivity contribution < 1.29 is 0 Å². The Morgan fingerprint density at radius 3 is 2.53 bits per heavy atom. The maximum Gasteiger partial charge on any atom is 0.0328 e. The van der Waals surface area contributed by atoms with Crippen LogP contribution in [0.15, 0.2) is 22.7 Å². The summed E-state index contributed by atoms with van der Waals surface area (Å²) in [5.74, 6) is 0.749. The van der Waals surface area contributed by atoms with E-state index in [1.165, 1.54) is 12.0 Å². The van der Waals surface area contributed by atoms with Crippen LogP contribution in [-0.4, -0.2) is 18.0 Å². The summed E-state index contributed by atoms with van der Waals surface area (Å²) in [7, 11) is 0. The Morgan fingerprint density at radius 2 is 2.00 bits per heavy atom. The molecule has 0 saturated heterocycles. The predicted molar refractivity (Wildman–Crippen MR) is 79.0 cm³/mol. The first kappa shape index (κ1) is 14.5. The molecular formula is C14H23BrN2. The third-order valence-corrected chi connectivity index (χ3v) is 3.56. The van der Waals surface area contributed by atoms with Gasteiger partial charge in [-0.3, -0.25) is 4.90 Å². The number of nitrogens with two attached hydrogens (primary N) is 1. The second kappa shape index (κ2) is 7.02. The van der Waals surface area contributed by atoms with E-state index >= 15 is 0 Å². The molecule has 1 unspecified atom stereocenters. The molecule has 3 heteroatoms. The number of hydrogen-bond acceptors (Lipinski definition) is 2. The fraction of sp³-hybridized carbons (Fsp3) is 0.571. The Balaban J connectivity index is 2.66. The summed E-state index contributed by atoms with van der Waals surface area (Å²) in [6.07, 6.45) is 1.23. The third kappa shape index (κ3) is 5.09. The number of nitrogens with zero attached hydrogens (tertiary/aromatic N) is 1. The molecule has 2 N–H and O–H groups in total. The van der Waals surface area contributed by atoms with Gasteiger partial charge in [0.1, 0.15) is 0 Å². The third-order valence-electron chi connectivity index (χ3n) is 3.10. The van der Waals surface area contributed by atoms with Gasteiger partial charge in [-0.05, 0) is 36.2 Å². The minimum Gasteiger partial charge on any atom is -0.399 e. The summed E-state index contributed by atoms with van der Waals surface area (Å²) in [5.41, 5.74) is 7.96. The molecule has 0 bridgehead atoms. The van der Waals surface area contributed by atoms with Crippen molar-refractivity contribution in [2.45, 2.75) is 33.7 Å². The van der Waals surface area contributed by atoms with Crippen molar-refractivity contribution in [1.29, 1.82) is 0 Å². The Morgan fingerprint density at radius 1 is 1.29 bits per heavy atom. The van der Waals surface area contributed by atoms with Crippen molar-refractivity contribution in [3.05, 3.63) is 28.2 Å². The van der Waals surface area contributed by atoms with E-state index in [1.54, 1.807) is 0 Å². The van der Waals surface area contributed by atoms with Crippen molar-refractivity contribution in [2.75, 3.05) is 18.8 Å². The molecule has 0 amide bonds. The minimum atomic E-state index is 0.749. The fourth-order valence-electron chi connectivity index (χ4n) is 1.90. The van der Waals surface area contributed by atoms with Crippen LogP contribution in [0.1, 0.15) is 32.8 Å². The first-order valence-electron chi connectivity index (χ1n) is 6.32. The lowest BCUT2D eigenvalue weighted by Gasteiger charge is -2.24. The van der Waals surface area contributed by atoms with Crippen LogP contribution in [-0.2, 0) is 6.54 Å². The van der Waals surface area contributed by atoms with Gasteiger partial charge in [0.25, 0.3) is 0 Å². The zero-order valence-corrected chi connectivity index (χ0v) is 12.6. The maximum absolute atomic E-state index is 5.86. The molecule has 1 aromatic rings. The van der Waals surface area contributed by atoms with E-state index in [-0.39, 0.29) is 0 Å². The second-order valence-corrected chi connectivity index (χ2v) is 5.65. The van der Waals surface area contributed by atoms with E-state index in [4.69, 9.17) is 5.73 Å². The molecule has 96 valence electrons. The van der Waals surface area contributed by atoms with Gasteiger partial charge in [0.15, 0.2) is 0 Å². The lowest BCUT2D eigenvalue weighted by atomic mass is 10.1. The topological polar surface area (TPSA) is 29.3 Å². The molecule has 0 aliphatic carbocycles. The van der Waals surface area contributed by atoms with Crippen molar-refractivity contribution in [3.63, 3.8) is 0 Å². The van der Waals surface area contributed by atoms with Gasteiger partial charge in [0.2, 0.25) is 0 Å². The molecular weight excluding hydrogens is 276 g/mol. The van der Waals surface area contributed by atoms with Crippen molar-refractivity contribution in [3.8, 4) is 0 Å². The Bertz CT molecular complexity index is 332.